The number of alkyl halides is 2. The molecule has 1 aromatic carbocycles. The number of pyridine rings is 1. The third kappa shape index (κ3) is 6.01. The Morgan fingerprint density at radius 2 is 1.95 bits per heavy atom. The predicted molar refractivity (Wildman–Crippen MR) is 141 cm³/mol. The zero-order valence-corrected chi connectivity index (χ0v) is 21.7. The molecule has 0 spiro atoms. The SMILES string of the molecule is CN1CCC(N(C)C(=O)c2ccc(Nc3nc4c(C5=CCN(OCC(F)F)CC5)cccn4n3)cc2)CC1. The summed E-state index contributed by atoms with van der Waals surface area (Å²) in [7, 11) is 4.00. The van der Waals surface area contributed by atoms with Crippen LogP contribution in [-0.4, -0.2) is 94.7 Å². The number of carbonyl (C=O) groups is 1. The normalized spacial score (nSPS) is 17.7. The van der Waals surface area contributed by atoms with Gasteiger partial charge in [-0.15, -0.1) is 5.10 Å². The van der Waals surface area contributed by atoms with Gasteiger partial charge in [-0.25, -0.2) is 13.3 Å². The summed E-state index contributed by atoms with van der Waals surface area (Å²) in [6, 6.07) is 11.5. The monoisotopic (exact) mass is 525 g/mol. The lowest BCUT2D eigenvalue weighted by Crippen LogP contribution is -2.44. The molecule has 0 aliphatic carbocycles. The van der Waals surface area contributed by atoms with Crippen LogP contribution in [0.4, 0.5) is 20.4 Å². The lowest BCUT2D eigenvalue weighted by atomic mass is 10.0. The van der Waals surface area contributed by atoms with E-state index in [1.165, 1.54) is 0 Å². The van der Waals surface area contributed by atoms with Gasteiger partial charge in [-0.2, -0.15) is 10.0 Å². The van der Waals surface area contributed by atoms with Gasteiger partial charge >= 0.3 is 0 Å². The molecule has 1 N–H and O–H groups in total. The Hall–Kier alpha value is -3.41. The molecule has 9 nitrogen and oxygen atoms in total. The van der Waals surface area contributed by atoms with Crippen molar-refractivity contribution >= 4 is 28.8 Å². The number of nitrogens with one attached hydrogen (secondary N) is 1. The number of anilines is 2. The van der Waals surface area contributed by atoms with Crippen molar-refractivity contribution in [1.29, 1.82) is 0 Å². The predicted octanol–water partition coefficient (Wildman–Crippen LogP) is 3.92. The number of carbonyl (C=O) groups excluding carboxylic acids is 1. The van der Waals surface area contributed by atoms with Gasteiger partial charge in [0.05, 0.1) is 0 Å². The highest BCUT2D eigenvalue weighted by Gasteiger charge is 2.25. The molecule has 0 unspecified atom stereocenters. The van der Waals surface area contributed by atoms with E-state index in [0.29, 0.717) is 36.7 Å². The second-order valence-corrected chi connectivity index (χ2v) is 9.83. The highest BCUT2D eigenvalue weighted by atomic mass is 19.3. The summed E-state index contributed by atoms with van der Waals surface area (Å²) in [4.78, 5) is 27.0. The topological polar surface area (TPSA) is 78.2 Å². The number of benzene rings is 1. The summed E-state index contributed by atoms with van der Waals surface area (Å²) >= 11 is 0. The van der Waals surface area contributed by atoms with E-state index in [1.807, 2.05) is 60.6 Å². The van der Waals surface area contributed by atoms with E-state index in [1.54, 1.807) is 9.58 Å². The highest BCUT2D eigenvalue weighted by molar-refractivity contribution is 5.94. The molecule has 4 heterocycles. The first-order valence-corrected chi connectivity index (χ1v) is 12.9. The summed E-state index contributed by atoms with van der Waals surface area (Å²) < 4.78 is 26.6. The molecule has 0 radical (unpaired) electrons. The van der Waals surface area contributed by atoms with Crippen molar-refractivity contribution in [1.82, 2.24) is 29.5 Å². The largest absolute Gasteiger partial charge is 0.339 e. The average molecular weight is 526 g/mol. The summed E-state index contributed by atoms with van der Waals surface area (Å²) in [6.45, 7) is 2.37. The maximum Gasteiger partial charge on any atom is 0.263 e. The first kappa shape index (κ1) is 26.2. The molecule has 2 aliphatic rings. The minimum Gasteiger partial charge on any atom is -0.339 e. The standard InChI is InChI=1S/C27H33F2N7O2/c1-33-14-11-22(12-15-33)34(2)26(37)20-5-7-21(8-6-20)30-27-31-25-23(4-3-13-36(25)32-27)19-9-16-35(17-10-19)38-18-24(28)29/h3-9,13,22,24H,10-12,14-18H2,1-2H3,(H,30,32). The lowest BCUT2D eigenvalue weighted by Gasteiger charge is -2.35. The van der Waals surface area contributed by atoms with Gasteiger partial charge in [0.2, 0.25) is 5.95 Å². The van der Waals surface area contributed by atoms with E-state index in [-0.39, 0.29) is 11.9 Å². The minimum absolute atomic E-state index is 0.0283. The van der Waals surface area contributed by atoms with Crippen LogP contribution in [0.2, 0.25) is 0 Å². The van der Waals surface area contributed by atoms with Crippen LogP contribution in [0.25, 0.3) is 11.2 Å². The van der Waals surface area contributed by atoms with E-state index in [0.717, 1.165) is 42.8 Å². The third-order valence-corrected chi connectivity index (χ3v) is 7.21. The smallest absolute Gasteiger partial charge is 0.263 e. The second kappa shape index (κ2) is 11.5. The number of amides is 1. The fourth-order valence-electron chi connectivity index (χ4n) is 4.96. The number of piperidine rings is 1. The fraction of sp³-hybridized carbons (Fsp3) is 0.444. The van der Waals surface area contributed by atoms with E-state index >= 15 is 0 Å². The second-order valence-electron chi connectivity index (χ2n) is 9.83. The van der Waals surface area contributed by atoms with Gasteiger partial charge in [-0.3, -0.25) is 9.63 Å². The van der Waals surface area contributed by atoms with Crippen LogP contribution in [-0.2, 0) is 4.84 Å². The Labute approximate surface area is 220 Å². The molecule has 202 valence electrons. The van der Waals surface area contributed by atoms with Crippen LogP contribution >= 0.6 is 0 Å². The van der Waals surface area contributed by atoms with Crippen molar-refractivity contribution in [2.75, 3.05) is 52.2 Å². The number of hydroxylamine groups is 2. The molecule has 2 aliphatic heterocycles. The van der Waals surface area contributed by atoms with Gasteiger partial charge in [-0.1, -0.05) is 6.08 Å². The molecule has 1 amide bonds. The molecular weight excluding hydrogens is 492 g/mol. The quantitative estimate of drug-likeness (QED) is 0.478. The number of hydrogen-bond donors (Lipinski definition) is 1. The van der Waals surface area contributed by atoms with Crippen LogP contribution in [0, 0.1) is 0 Å². The molecule has 3 aromatic rings. The van der Waals surface area contributed by atoms with E-state index in [9.17, 15) is 13.6 Å². The maximum absolute atomic E-state index is 13.0. The third-order valence-electron chi connectivity index (χ3n) is 7.21. The van der Waals surface area contributed by atoms with E-state index in [4.69, 9.17) is 9.82 Å². The molecule has 38 heavy (non-hydrogen) atoms. The van der Waals surface area contributed by atoms with Crippen molar-refractivity contribution in [3.05, 3.63) is 59.8 Å². The number of aromatic nitrogens is 3. The Morgan fingerprint density at radius 3 is 2.63 bits per heavy atom. The van der Waals surface area contributed by atoms with E-state index < -0.39 is 13.0 Å². The van der Waals surface area contributed by atoms with Gasteiger partial charge in [-0.05, 0) is 81.4 Å². The van der Waals surface area contributed by atoms with Crippen LogP contribution in [0.15, 0.2) is 48.7 Å². The van der Waals surface area contributed by atoms with Crippen molar-refractivity contribution in [3.8, 4) is 0 Å². The number of halogens is 2. The van der Waals surface area contributed by atoms with Gasteiger partial charge in [0.15, 0.2) is 5.65 Å². The molecule has 0 bridgehead atoms. The van der Waals surface area contributed by atoms with Crippen molar-refractivity contribution in [3.63, 3.8) is 0 Å². The average Bonchev–Trinajstić information content (AvgIpc) is 3.35. The Balaban J connectivity index is 1.25. The van der Waals surface area contributed by atoms with E-state index in [2.05, 4.69) is 22.4 Å². The summed E-state index contributed by atoms with van der Waals surface area (Å²) in [5.74, 6) is 0.471. The Morgan fingerprint density at radius 1 is 1.18 bits per heavy atom. The fourth-order valence-corrected chi connectivity index (χ4v) is 4.96. The van der Waals surface area contributed by atoms with Crippen LogP contribution in [0.5, 0.6) is 0 Å². The molecule has 0 saturated carbocycles. The number of likely N-dealkylation sites (tertiary alicyclic amines) is 1. The van der Waals surface area contributed by atoms with Crippen LogP contribution in [0.3, 0.4) is 0 Å². The van der Waals surface area contributed by atoms with Crippen molar-refractivity contribution in [2.45, 2.75) is 31.7 Å². The zero-order valence-electron chi connectivity index (χ0n) is 21.7. The molecule has 2 aromatic heterocycles. The first-order valence-electron chi connectivity index (χ1n) is 12.9. The highest BCUT2D eigenvalue weighted by Crippen LogP contribution is 2.27. The minimum atomic E-state index is -2.49. The van der Waals surface area contributed by atoms with Crippen LogP contribution in [0.1, 0.15) is 35.2 Å². The van der Waals surface area contributed by atoms with Crippen molar-refractivity contribution in [2.24, 2.45) is 0 Å². The molecule has 0 atom stereocenters. The molecular formula is C27H33F2N7O2. The Kier molecular flexibility index (Phi) is 7.96. The molecule has 5 rings (SSSR count). The van der Waals surface area contributed by atoms with Crippen molar-refractivity contribution < 1.29 is 18.4 Å². The number of rotatable bonds is 8. The molecule has 1 saturated heterocycles. The summed E-state index contributed by atoms with van der Waals surface area (Å²) in [5, 5.41) is 9.33. The number of hydrogen-bond acceptors (Lipinski definition) is 7. The zero-order chi connectivity index (χ0) is 26.6. The van der Waals surface area contributed by atoms with Gasteiger partial charge in [0.25, 0.3) is 12.3 Å². The first-order chi connectivity index (χ1) is 18.4. The molecule has 11 heteroatoms. The summed E-state index contributed by atoms with van der Waals surface area (Å²) in [6.07, 6.45) is 3.95. The van der Waals surface area contributed by atoms with Gasteiger partial charge < -0.3 is 15.1 Å². The van der Waals surface area contributed by atoms with Gasteiger partial charge in [0.1, 0.15) is 6.61 Å². The van der Waals surface area contributed by atoms with Gasteiger partial charge in [0, 0.05) is 49.2 Å². The molecule has 1 fully saturated rings. The Bertz CT molecular complexity index is 1290. The summed E-state index contributed by atoms with van der Waals surface area (Å²) in [5.41, 5.74) is 4.15. The number of fused-ring (bicyclic) bond motifs is 1. The van der Waals surface area contributed by atoms with Crippen LogP contribution < -0.4 is 5.32 Å². The maximum atomic E-state index is 13.0. The number of nitrogens with zero attached hydrogens (tertiary/aromatic N) is 6. The lowest BCUT2D eigenvalue weighted by molar-refractivity contribution is -0.178.